The number of fused-ring (bicyclic) bond motifs is 1. The van der Waals surface area contributed by atoms with Gasteiger partial charge in [0.1, 0.15) is 11.8 Å². The van der Waals surface area contributed by atoms with Gasteiger partial charge in [-0.2, -0.15) is 0 Å². The molecule has 3 aromatic heterocycles. The van der Waals surface area contributed by atoms with Gasteiger partial charge in [-0.15, -0.1) is 11.3 Å². The maximum atomic E-state index is 12.4. The standard InChI is InChI=1S/C15H19N7OS/c1-8-13(24-10(3)20-8)9(2)21-11(23)5-22(4)15-12-14(17-6-16-12)18-7-19-15/h6-7,9H,5H2,1-4H3,(H,21,23)(H,16,17,18,19). The molecule has 0 saturated heterocycles. The highest BCUT2D eigenvalue weighted by molar-refractivity contribution is 7.11. The Bertz CT molecular complexity index is 872. The van der Waals surface area contributed by atoms with E-state index >= 15 is 0 Å². The van der Waals surface area contributed by atoms with Gasteiger partial charge >= 0.3 is 0 Å². The van der Waals surface area contributed by atoms with Gasteiger partial charge in [0.05, 0.1) is 29.6 Å². The lowest BCUT2D eigenvalue weighted by Gasteiger charge is -2.19. The minimum Gasteiger partial charge on any atom is -0.348 e. The van der Waals surface area contributed by atoms with E-state index in [1.54, 1.807) is 22.6 Å². The van der Waals surface area contributed by atoms with Crippen molar-refractivity contribution in [3.05, 3.63) is 28.2 Å². The van der Waals surface area contributed by atoms with E-state index in [9.17, 15) is 4.79 Å². The zero-order valence-electron chi connectivity index (χ0n) is 14.0. The van der Waals surface area contributed by atoms with E-state index in [0.29, 0.717) is 11.5 Å². The molecule has 0 saturated carbocycles. The van der Waals surface area contributed by atoms with Crippen molar-refractivity contribution in [2.75, 3.05) is 18.5 Å². The molecule has 0 aromatic carbocycles. The van der Waals surface area contributed by atoms with Crippen molar-refractivity contribution in [1.29, 1.82) is 0 Å². The third-order valence-corrected chi connectivity index (χ3v) is 4.91. The van der Waals surface area contributed by atoms with E-state index < -0.39 is 0 Å². The summed E-state index contributed by atoms with van der Waals surface area (Å²) in [5.74, 6) is 0.562. The molecule has 3 rings (SSSR count). The Morgan fingerprint density at radius 1 is 1.38 bits per heavy atom. The van der Waals surface area contributed by atoms with Crippen LogP contribution in [-0.2, 0) is 4.79 Å². The second-order valence-electron chi connectivity index (χ2n) is 5.63. The molecular weight excluding hydrogens is 326 g/mol. The van der Waals surface area contributed by atoms with Crippen LogP contribution in [0.5, 0.6) is 0 Å². The maximum absolute atomic E-state index is 12.4. The third kappa shape index (κ3) is 3.21. The fourth-order valence-electron chi connectivity index (χ4n) is 2.63. The SMILES string of the molecule is Cc1nc(C)c(C(C)NC(=O)CN(C)c2ncnc3nc[nH]c23)s1. The van der Waals surface area contributed by atoms with Gasteiger partial charge in [-0.1, -0.05) is 0 Å². The molecule has 1 unspecified atom stereocenters. The molecule has 0 aliphatic rings. The van der Waals surface area contributed by atoms with Crippen LogP contribution < -0.4 is 10.2 Å². The summed E-state index contributed by atoms with van der Waals surface area (Å²) in [5, 5.41) is 4.02. The second kappa shape index (κ2) is 6.52. The molecule has 1 atom stereocenters. The number of rotatable bonds is 5. The van der Waals surface area contributed by atoms with Crippen molar-refractivity contribution in [3.63, 3.8) is 0 Å². The average Bonchev–Trinajstić information content (AvgIpc) is 3.12. The van der Waals surface area contributed by atoms with Crippen LogP contribution in [0.25, 0.3) is 11.2 Å². The first-order valence-electron chi connectivity index (χ1n) is 7.54. The number of carbonyl (C=O) groups excluding carboxylic acids is 1. The zero-order valence-corrected chi connectivity index (χ0v) is 14.8. The number of thiazole rings is 1. The molecule has 8 nitrogen and oxygen atoms in total. The third-order valence-electron chi connectivity index (χ3n) is 3.66. The molecule has 3 heterocycles. The number of H-pyrrole nitrogens is 1. The van der Waals surface area contributed by atoms with Gasteiger partial charge in [0.25, 0.3) is 0 Å². The van der Waals surface area contributed by atoms with E-state index in [1.165, 1.54) is 6.33 Å². The van der Waals surface area contributed by atoms with Crippen LogP contribution in [0, 0.1) is 13.8 Å². The van der Waals surface area contributed by atoms with E-state index in [-0.39, 0.29) is 18.5 Å². The monoisotopic (exact) mass is 345 g/mol. The number of aryl methyl sites for hydroxylation is 2. The fourth-order valence-corrected chi connectivity index (χ4v) is 3.56. The normalized spacial score (nSPS) is 12.3. The highest BCUT2D eigenvalue weighted by Crippen LogP contribution is 2.24. The number of amides is 1. The first-order valence-corrected chi connectivity index (χ1v) is 8.36. The zero-order chi connectivity index (χ0) is 17.3. The van der Waals surface area contributed by atoms with Gasteiger partial charge in [0.2, 0.25) is 5.91 Å². The van der Waals surface area contributed by atoms with E-state index in [1.807, 2.05) is 27.8 Å². The fraction of sp³-hybridized carbons (Fsp3) is 0.400. The van der Waals surface area contributed by atoms with Crippen LogP contribution in [0.3, 0.4) is 0 Å². The summed E-state index contributed by atoms with van der Waals surface area (Å²) in [4.78, 5) is 35.1. The van der Waals surface area contributed by atoms with Crippen LogP contribution >= 0.6 is 11.3 Å². The molecule has 126 valence electrons. The Kier molecular flexibility index (Phi) is 4.43. The van der Waals surface area contributed by atoms with Crippen molar-refractivity contribution in [2.45, 2.75) is 26.8 Å². The molecule has 24 heavy (non-hydrogen) atoms. The van der Waals surface area contributed by atoms with E-state index in [0.717, 1.165) is 21.1 Å². The molecule has 1 amide bonds. The maximum Gasteiger partial charge on any atom is 0.240 e. The molecule has 0 fully saturated rings. The summed E-state index contributed by atoms with van der Waals surface area (Å²) in [6.07, 6.45) is 3.01. The van der Waals surface area contributed by atoms with Crippen LogP contribution in [0.1, 0.15) is 28.5 Å². The molecule has 0 bridgehead atoms. The minimum atomic E-state index is -0.0817. The highest BCUT2D eigenvalue weighted by atomic mass is 32.1. The summed E-state index contributed by atoms with van der Waals surface area (Å²) in [6.45, 7) is 6.08. The van der Waals surface area contributed by atoms with E-state index in [2.05, 4.69) is 30.2 Å². The Balaban J connectivity index is 1.68. The van der Waals surface area contributed by atoms with Gasteiger partial charge in [-0.05, 0) is 20.8 Å². The van der Waals surface area contributed by atoms with Crippen molar-refractivity contribution >= 4 is 34.2 Å². The Hall–Kier alpha value is -2.55. The highest BCUT2D eigenvalue weighted by Gasteiger charge is 2.18. The molecule has 0 aliphatic carbocycles. The average molecular weight is 345 g/mol. The summed E-state index contributed by atoms with van der Waals surface area (Å²) < 4.78 is 0. The van der Waals surface area contributed by atoms with Crippen LogP contribution in [-0.4, -0.2) is 44.4 Å². The predicted molar refractivity (Wildman–Crippen MR) is 93.1 cm³/mol. The smallest absolute Gasteiger partial charge is 0.240 e. The van der Waals surface area contributed by atoms with Gasteiger partial charge in [-0.3, -0.25) is 4.79 Å². The number of aromatic amines is 1. The first kappa shape index (κ1) is 16.3. The molecule has 9 heteroatoms. The molecule has 3 aromatic rings. The molecular formula is C15H19N7OS. The van der Waals surface area contributed by atoms with Crippen LogP contribution in [0.2, 0.25) is 0 Å². The Morgan fingerprint density at radius 2 is 2.17 bits per heavy atom. The number of anilines is 1. The molecule has 0 spiro atoms. The van der Waals surface area contributed by atoms with Crippen LogP contribution in [0.15, 0.2) is 12.7 Å². The minimum absolute atomic E-state index is 0.0744. The van der Waals surface area contributed by atoms with E-state index in [4.69, 9.17) is 0 Å². The lowest BCUT2D eigenvalue weighted by molar-refractivity contribution is -0.120. The molecule has 0 radical (unpaired) electrons. The van der Waals surface area contributed by atoms with Gasteiger partial charge in [-0.25, -0.2) is 19.9 Å². The van der Waals surface area contributed by atoms with Gasteiger partial charge in [0.15, 0.2) is 11.5 Å². The van der Waals surface area contributed by atoms with Gasteiger partial charge < -0.3 is 15.2 Å². The van der Waals surface area contributed by atoms with Crippen molar-refractivity contribution in [3.8, 4) is 0 Å². The summed E-state index contributed by atoms with van der Waals surface area (Å²) in [5.41, 5.74) is 2.26. The number of nitrogens with one attached hydrogen (secondary N) is 2. The largest absolute Gasteiger partial charge is 0.348 e. The quantitative estimate of drug-likeness (QED) is 0.731. The topological polar surface area (TPSA) is 99.7 Å². The summed E-state index contributed by atoms with van der Waals surface area (Å²) >= 11 is 1.61. The molecule has 2 N–H and O–H groups in total. The van der Waals surface area contributed by atoms with Crippen molar-refractivity contribution in [1.82, 2.24) is 30.2 Å². The number of hydrogen-bond donors (Lipinski definition) is 2. The number of carbonyl (C=O) groups is 1. The number of nitrogens with zero attached hydrogens (tertiary/aromatic N) is 5. The Morgan fingerprint density at radius 3 is 2.88 bits per heavy atom. The number of imidazole rings is 1. The number of hydrogen-bond acceptors (Lipinski definition) is 7. The lowest BCUT2D eigenvalue weighted by Crippen LogP contribution is -2.36. The summed E-state index contributed by atoms with van der Waals surface area (Å²) in [6, 6.07) is -0.0744. The Labute approximate surface area is 143 Å². The van der Waals surface area contributed by atoms with Gasteiger partial charge in [0, 0.05) is 11.9 Å². The lowest BCUT2D eigenvalue weighted by atomic mass is 10.2. The number of aromatic nitrogens is 5. The summed E-state index contributed by atoms with van der Waals surface area (Å²) in [7, 11) is 1.81. The first-order chi connectivity index (χ1) is 11.5. The predicted octanol–water partition coefficient (Wildman–Crippen LogP) is 1.74. The van der Waals surface area contributed by atoms with Crippen molar-refractivity contribution in [2.24, 2.45) is 0 Å². The molecule has 0 aliphatic heterocycles. The van der Waals surface area contributed by atoms with Crippen LogP contribution in [0.4, 0.5) is 5.82 Å². The second-order valence-corrected chi connectivity index (χ2v) is 6.86. The van der Waals surface area contributed by atoms with Crippen molar-refractivity contribution < 1.29 is 4.79 Å². The number of likely N-dealkylation sites (N-methyl/N-ethyl adjacent to an activating group) is 1.